The summed E-state index contributed by atoms with van der Waals surface area (Å²) in [5.41, 5.74) is 0.433. The maximum absolute atomic E-state index is 3.84. The highest BCUT2D eigenvalue weighted by atomic mass is 15.2. The van der Waals surface area contributed by atoms with Gasteiger partial charge in [0.25, 0.3) is 0 Å². The molecule has 0 saturated heterocycles. The molecule has 0 aromatic rings. The van der Waals surface area contributed by atoms with E-state index in [-0.39, 0.29) is 0 Å². The number of hydrogen-bond donors (Lipinski definition) is 1. The fourth-order valence-corrected chi connectivity index (χ4v) is 4.03. The van der Waals surface area contributed by atoms with Crippen molar-refractivity contribution in [1.82, 2.24) is 10.2 Å². The molecule has 1 rings (SSSR count). The summed E-state index contributed by atoms with van der Waals surface area (Å²) in [5.74, 6) is 0.831. The first-order chi connectivity index (χ1) is 9.14. The summed E-state index contributed by atoms with van der Waals surface area (Å²) >= 11 is 0. The topological polar surface area (TPSA) is 15.3 Å². The summed E-state index contributed by atoms with van der Waals surface area (Å²) in [4.78, 5) is 2.75. The highest BCUT2D eigenvalue weighted by Gasteiger charge is 2.44. The van der Waals surface area contributed by atoms with E-state index in [4.69, 9.17) is 0 Å². The molecule has 0 heterocycles. The SMILES string of the molecule is CCNC(CC(C)CC)C1(N(CC)CC)CCCC1. The van der Waals surface area contributed by atoms with Crippen molar-refractivity contribution in [3.05, 3.63) is 0 Å². The molecule has 0 bridgehead atoms. The Morgan fingerprint density at radius 3 is 2.05 bits per heavy atom. The van der Waals surface area contributed by atoms with Crippen molar-refractivity contribution in [1.29, 1.82) is 0 Å². The van der Waals surface area contributed by atoms with Crippen LogP contribution in [0, 0.1) is 5.92 Å². The van der Waals surface area contributed by atoms with Gasteiger partial charge < -0.3 is 5.32 Å². The molecule has 0 aromatic carbocycles. The third-order valence-electron chi connectivity index (χ3n) is 5.30. The minimum atomic E-state index is 0.433. The normalized spacial score (nSPS) is 21.8. The van der Waals surface area contributed by atoms with Crippen LogP contribution in [-0.4, -0.2) is 36.1 Å². The van der Waals surface area contributed by atoms with Gasteiger partial charge in [0, 0.05) is 11.6 Å². The quantitative estimate of drug-likeness (QED) is 0.678. The van der Waals surface area contributed by atoms with Crippen LogP contribution in [0.3, 0.4) is 0 Å². The standard InChI is InChI=1S/C17H36N2/c1-6-15(5)14-16(18-7-2)17(12-10-11-13-17)19(8-3)9-4/h15-16,18H,6-14H2,1-5H3. The molecule has 2 unspecified atom stereocenters. The number of nitrogens with zero attached hydrogens (tertiary/aromatic N) is 1. The molecular weight excluding hydrogens is 232 g/mol. The van der Waals surface area contributed by atoms with Crippen molar-refractivity contribution in [3.8, 4) is 0 Å². The van der Waals surface area contributed by atoms with Gasteiger partial charge in [-0.3, -0.25) is 4.90 Å². The van der Waals surface area contributed by atoms with Gasteiger partial charge in [0.1, 0.15) is 0 Å². The van der Waals surface area contributed by atoms with Crippen LogP contribution in [0.1, 0.15) is 73.1 Å². The predicted molar refractivity (Wildman–Crippen MR) is 85.7 cm³/mol. The van der Waals surface area contributed by atoms with E-state index in [1.165, 1.54) is 51.6 Å². The lowest BCUT2D eigenvalue weighted by molar-refractivity contribution is 0.0543. The molecule has 1 saturated carbocycles. The monoisotopic (exact) mass is 268 g/mol. The Bertz CT molecular complexity index is 229. The highest BCUT2D eigenvalue weighted by Crippen LogP contribution is 2.40. The van der Waals surface area contributed by atoms with E-state index in [0.29, 0.717) is 11.6 Å². The van der Waals surface area contributed by atoms with Crippen LogP contribution in [0.2, 0.25) is 0 Å². The second-order valence-electron chi connectivity index (χ2n) is 6.34. The van der Waals surface area contributed by atoms with Gasteiger partial charge in [-0.1, -0.05) is 53.9 Å². The van der Waals surface area contributed by atoms with Gasteiger partial charge in [-0.05, 0) is 44.8 Å². The molecule has 0 radical (unpaired) electrons. The van der Waals surface area contributed by atoms with Gasteiger partial charge in [0.2, 0.25) is 0 Å². The van der Waals surface area contributed by atoms with Crippen LogP contribution in [0.5, 0.6) is 0 Å². The van der Waals surface area contributed by atoms with E-state index < -0.39 is 0 Å². The van der Waals surface area contributed by atoms with Crippen LogP contribution >= 0.6 is 0 Å². The Hall–Kier alpha value is -0.0800. The number of likely N-dealkylation sites (N-methyl/N-ethyl adjacent to an activating group) is 2. The zero-order valence-electron chi connectivity index (χ0n) is 14.0. The van der Waals surface area contributed by atoms with E-state index >= 15 is 0 Å². The molecule has 2 heteroatoms. The third kappa shape index (κ3) is 3.95. The van der Waals surface area contributed by atoms with Crippen molar-refractivity contribution in [3.63, 3.8) is 0 Å². The van der Waals surface area contributed by atoms with E-state index in [1.807, 2.05) is 0 Å². The van der Waals surface area contributed by atoms with Crippen molar-refractivity contribution >= 4 is 0 Å². The third-order valence-corrected chi connectivity index (χ3v) is 5.30. The lowest BCUT2D eigenvalue weighted by Gasteiger charge is -2.47. The molecule has 1 aliphatic carbocycles. The molecule has 19 heavy (non-hydrogen) atoms. The first-order valence-corrected chi connectivity index (χ1v) is 8.62. The lowest BCUT2D eigenvalue weighted by Crippen LogP contribution is -2.60. The minimum Gasteiger partial charge on any atom is -0.312 e. The van der Waals surface area contributed by atoms with Gasteiger partial charge in [-0.2, -0.15) is 0 Å². The number of nitrogens with one attached hydrogen (secondary N) is 1. The average Bonchev–Trinajstić information content (AvgIpc) is 2.90. The van der Waals surface area contributed by atoms with Gasteiger partial charge in [0.05, 0.1) is 0 Å². The first-order valence-electron chi connectivity index (χ1n) is 8.62. The van der Waals surface area contributed by atoms with E-state index in [1.54, 1.807) is 0 Å². The minimum absolute atomic E-state index is 0.433. The summed E-state index contributed by atoms with van der Waals surface area (Å²) in [5, 5.41) is 3.84. The predicted octanol–water partition coefficient (Wildman–Crippen LogP) is 4.06. The van der Waals surface area contributed by atoms with Crippen LogP contribution in [0.25, 0.3) is 0 Å². The fraction of sp³-hybridized carbons (Fsp3) is 1.00. The smallest absolute Gasteiger partial charge is 0.0362 e. The molecule has 0 amide bonds. The van der Waals surface area contributed by atoms with Crippen molar-refractivity contribution in [2.45, 2.75) is 84.7 Å². The molecule has 0 spiro atoms. The van der Waals surface area contributed by atoms with Crippen LogP contribution in [0.15, 0.2) is 0 Å². The average molecular weight is 268 g/mol. The second-order valence-corrected chi connectivity index (χ2v) is 6.34. The molecule has 2 atom stereocenters. The molecule has 114 valence electrons. The van der Waals surface area contributed by atoms with Crippen molar-refractivity contribution in [2.24, 2.45) is 5.92 Å². The maximum Gasteiger partial charge on any atom is 0.0362 e. The Kier molecular flexibility index (Phi) is 7.38. The molecule has 1 fully saturated rings. The summed E-state index contributed by atoms with van der Waals surface area (Å²) in [7, 11) is 0. The molecule has 1 aliphatic rings. The summed E-state index contributed by atoms with van der Waals surface area (Å²) in [6, 6.07) is 0.676. The van der Waals surface area contributed by atoms with Crippen LogP contribution in [0.4, 0.5) is 0 Å². The van der Waals surface area contributed by atoms with Gasteiger partial charge in [0.15, 0.2) is 0 Å². The molecule has 0 aliphatic heterocycles. The Labute approximate surface area is 121 Å². The highest BCUT2D eigenvalue weighted by molar-refractivity contribution is 5.03. The van der Waals surface area contributed by atoms with Crippen molar-refractivity contribution in [2.75, 3.05) is 19.6 Å². The van der Waals surface area contributed by atoms with Crippen molar-refractivity contribution < 1.29 is 0 Å². The van der Waals surface area contributed by atoms with E-state index in [9.17, 15) is 0 Å². The van der Waals surface area contributed by atoms with Gasteiger partial charge in [-0.15, -0.1) is 0 Å². The van der Waals surface area contributed by atoms with E-state index in [2.05, 4.69) is 44.8 Å². The van der Waals surface area contributed by atoms with Gasteiger partial charge in [-0.25, -0.2) is 0 Å². The Morgan fingerprint density at radius 2 is 1.63 bits per heavy atom. The number of rotatable bonds is 9. The molecule has 1 N–H and O–H groups in total. The first kappa shape index (κ1) is 17.0. The zero-order valence-corrected chi connectivity index (χ0v) is 14.0. The van der Waals surface area contributed by atoms with Crippen LogP contribution in [-0.2, 0) is 0 Å². The molecular formula is C17H36N2. The van der Waals surface area contributed by atoms with Gasteiger partial charge >= 0.3 is 0 Å². The fourth-order valence-electron chi connectivity index (χ4n) is 4.03. The summed E-state index contributed by atoms with van der Waals surface area (Å²) in [6.07, 6.45) is 8.25. The second kappa shape index (κ2) is 8.26. The summed E-state index contributed by atoms with van der Waals surface area (Å²) in [6.45, 7) is 15.1. The lowest BCUT2D eigenvalue weighted by atomic mass is 9.80. The summed E-state index contributed by atoms with van der Waals surface area (Å²) < 4.78 is 0. The molecule has 2 nitrogen and oxygen atoms in total. The van der Waals surface area contributed by atoms with Crippen LogP contribution < -0.4 is 5.32 Å². The zero-order chi connectivity index (χ0) is 14.3. The Morgan fingerprint density at radius 1 is 1.05 bits per heavy atom. The Balaban J connectivity index is 2.90. The van der Waals surface area contributed by atoms with E-state index in [0.717, 1.165) is 12.5 Å². The largest absolute Gasteiger partial charge is 0.312 e. The number of hydrogen-bond acceptors (Lipinski definition) is 2. The molecule has 0 aromatic heterocycles. The maximum atomic E-state index is 3.84.